The molecule has 0 saturated heterocycles. The first-order valence-electron chi connectivity index (χ1n) is 5.10. The maximum absolute atomic E-state index is 10.9. The number of rotatable bonds is 5. The van der Waals surface area contributed by atoms with Gasteiger partial charge in [-0.05, 0) is 29.3 Å². The molecule has 7 heteroatoms. The van der Waals surface area contributed by atoms with E-state index in [2.05, 4.69) is 20.9 Å². The van der Waals surface area contributed by atoms with E-state index >= 15 is 0 Å². The van der Waals surface area contributed by atoms with Crippen LogP contribution in [-0.4, -0.2) is 34.7 Å². The third-order valence-electron chi connectivity index (χ3n) is 2.31. The maximum atomic E-state index is 10.9. The number of hydrogen-bond donors (Lipinski definition) is 1. The first-order valence-corrected chi connectivity index (χ1v) is 5.90. The summed E-state index contributed by atoms with van der Waals surface area (Å²) in [7, 11) is 1.75. The van der Waals surface area contributed by atoms with Crippen LogP contribution in [0.5, 0.6) is 0 Å². The zero-order valence-corrected chi connectivity index (χ0v) is 11.2. The molecule has 0 aromatic carbocycles. The summed E-state index contributed by atoms with van der Waals surface area (Å²) in [6.07, 6.45) is 2.85. The first kappa shape index (κ1) is 13.9. The van der Waals surface area contributed by atoms with Crippen molar-refractivity contribution in [3.05, 3.63) is 27.0 Å². The lowest BCUT2D eigenvalue weighted by Gasteiger charge is -2.20. The van der Waals surface area contributed by atoms with E-state index in [1.807, 2.05) is 0 Å². The predicted molar refractivity (Wildman–Crippen MR) is 68.2 cm³/mol. The Kier molecular flexibility index (Phi) is 4.83. The average Bonchev–Trinajstić information content (AvgIpc) is 2.25. The Balaban J connectivity index is 2.98. The van der Waals surface area contributed by atoms with Gasteiger partial charge in [-0.25, -0.2) is 0 Å². The third kappa shape index (κ3) is 3.64. The summed E-state index contributed by atoms with van der Waals surface area (Å²) in [5.41, 5.74) is 0.429. The second-order valence-electron chi connectivity index (χ2n) is 3.81. The van der Waals surface area contributed by atoms with E-state index < -0.39 is 11.0 Å². The molecule has 1 rings (SSSR count). The van der Waals surface area contributed by atoms with Crippen molar-refractivity contribution in [3.8, 4) is 0 Å². The number of hydrogen-bond acceptors (Lipinski definition) is 5. The van der Waals surface area contributed by atoms with Crippen LogP contribution >= 0.6 is 15.9 Å². The van der Waals surface area contributed by atoms with Gasteiger partial charge in [0.15, 0.2) is 0 Å². The predicted octanol–water partition coefficient (Wildman–Crippen LogP) is 1.96. The molecule has 0 aliphatic rings. The maximum Gasteiger partial charge on any atom is 0.311 e. The lowest BCUT2D eigenvalue weighted by Crippen LogP contribution is -2.23. The molecular weight excluding hydrogens is 290 g/mol. The summed E-state index contributed by atoms with van der Waals surface area (Å²) in [5.74, 6) is 0. The summed E-state index contributed by atoms with van der Waals surface area (Å²) in [5, 5.41) is 20.1. The van der Waals surface area contributed by atoms with Gasteiger partial charge < -0.3 is 10.0 Å². The highest BCUT2D eigenvalue weighted by molar-refractivity contribution is 9.10. The van der Waals surface area contributed by atoms with E-state index in [9.17, 15) is 15.2 Å². The van der Waals surface area contributed by atoms with Crippen LogP contribution in [0.25, 0.3) is 0 Å². The lowest BCUT2D eigenvalue weighted by molar-refractivity contribution is -0.384. The molecule has 1 aromatic rings. The van der Waals surface area contributed by atoms with Gasteiger partial charge in [0.1, 0.15) is 11.9 Å². The molecule has 0 spiro atoms. The first-order chi connectivity index (χ1) is 7.93. The van der Waals surface area contributed by atoms with Gasteiger partial charge in [0.05, 0.1) is 15.5 Å². The fourth-order valence-corrected chi connectivity index (χ4v) is 2.05. The number of aliphatic hydroxyl groups excluding tert-OH is 1. The second-order valence-corrected chi connectivity index (χ2v) is 4.66. The molecule has 1 unspecified atom stereocenters. The van der Waals surface area contributed by atoms with E-state index in [-0.39, 0.29) is 5.69 Å². The molecule has 0 radical (unpaired) electrons. The summed E-state index contributed by atoms with van der Waals surface area (Å²) >= 11 is 3.25. The Labute approximate surface area is 108 Å². The normalized spacial score (nSPS) is 12.2. The molecule has 0 fully saturated rings. The van der Waals surface area contributed by atoms with Crippen molar-refractivity contribution in [2.24, 2.45) is 0 Å². The molecule has 94 valence electrons. The minimum atomic E-state index is -0.466. The standard InChI is InChI=1S/C10H14BrN3O3/c1-7(15)3-4-13(2)10-8(11)5-12-6-9(10)14(16)17/h5-7,15H,3-4H2,1-2H3. The van der Waals surface area contributed by atoms with Crippen molar-refractivity contribution >= 4 is 27.3 Å². The smallest absolute Gasteiger partial charge is 0.311 e. The summed E-state index contributed by atoms with van der Waals surface area (Å²) in [4.78, 5) is 15.9. The summed E-state index contributed by atoms with van der Waals surface area (Å²) in [6.45, 7) is 2.21. The number of aromatic nitrogens is 1. The fraction of sp³-hybridized carbons (Fsp3) is 0.500. The molecule has 1 atom stereocenters. The summed E-state index contributed by atoms with van der Waals surface area (Å²) in [6, 6.07) is 0. The molecule has 1 N–H and O–H groups in total. The average molecular weight is 304 g/mol. The van der Waals surface area contributed by atoms with Gasteiger partial charge in [-0.2, -0.15) is 0 Å². The molecular formula is C10H14BrN3O3. The third-order valence-corrected chi connectivity index (χ3v) is 2.89. The highest BCUT2D eigenvalue weighted by Crippen LogP contribution is 2.33. The van der Waals surface area contributed by atoms with Crippen LogP contribution in [0.1, 0.15) is 13.3 Å². The molecule has 0 aliphatic carbocycles. The van der Waals surface area contributed by atoms with Crippen molar-refractivity contribution in [2.45, 2.75) is 19.4 Å². The van der Waals surface area contributed by atoms with Crippen LogP contribution < -0.4 is 4.90 Å². The van der Waals surface area contributed by atoms with Crippen LogP contribution in [0.4, 0.5) is 11.4 Å². The van der Waals surface area contributed by atoms with Gasteiger partial charge in [-0.1, -0.05) is 0 Å². The van der Waals surface area contributed by atoms with Crippen molar-refractivity contribution in [3.63, 3.8) is 0 Å². The fourth-order valence-electron chi connectivity index (χ4n) is 1.42. The largest absolute Gasteiger partial charge is 0.393 e. The lowest BCUT2D eigenvalue weighted by atomic mass is 10.2. The summed E-state index contributed by atoms with van der Waals surface area (Å²) < 4.78 is 0.569. The topological polar surface area (TPSA) is 79.5 Å². The van der Waals surface area contributed by atoms with Crippen LogP contribution in [0.3, 0.4) is 0 Å². The van der Waals surface area contributed by atoms with Gasteiger partial charge in [0.25, 0.3) is 0 Å². The Bertz CT molecular complexity index is 412. The van der Waals surface area contributed by atoms with Crippen molar-refractivity contribution in [1.29, 1.82) is 0 Å². The van der Waals surface area contributed by atoms with Gasteiger partial charge in [-0.3, -0.25) is 15.1 Å². The van der Waals surface area contributed by atoms with E-state index in [1.165, 1.54) is 12.4 Å². The monoisotopic (exact) mass is 303 g/mol. The van der Waals surface area contributed by atoms with Crippen LogP contribution in [0.15, 0.2) is 16.9 Å². The molecule has 6 nitrogen and oxygen atoms in total. The molecule has 1 heterocycles. The molecule has 1 aromatic heterocycles. The van der Waals surface area contributed by atoms with E-state index in [0.29, 0.717) is 23.1 Å². The van der Waals surface area contributed by atoms with E-state index in [1.54, 1.807) is 18.9 Å². The highest BCUT2D eigenvalue weighted by Gasteiger charge is 2.20. The van der Waals surface area contributed by atoms with Gasteiger partial charge in [-0.15, -0.1) is 0 Å². The highest BCUT2D eigenvalue weighted by atomic mass is 79.9. The number of aliphatic hydroxyl groups is 1. The Morgan fingerprint density at radius 2 is 2.29 bits per heavy atom. The Morgan fingerprint density at radius 3 is 2.82 bits per heavy atom. The molecule has 0 saturated carbocycles. The van der Waals surface area contributed by atoms with Crippen molar-refractivity contribution in [1.82, 2.24) is 4.98 Å². The molecule has 0 bridgehead atoms. The van der Waals surface area contributed by atoms with Gasteiger partial charge in [0, 0.05) is 19.8 Å². The zero-order chi connectivity index (χ0) is 13.0. The van der Waals surface area contributed by atoms with Crippen LogP contribution in [-0.2, 0) is 0 Å². The van der Waals surface area contributed by atoms with Crippen LogP contribution in [0.2, 0.25) is 0 Å². The molecule has 0 amide bonds. The Hall–Kier alpha value is -1.21. The van der Waals surface area contributed by atoms with Gasteiger partial charge in [0.2, 0.25) is 0 Å². The number of anilines is 1. The number of nitro groups is 1. The number of nitrogens with zero attached hydrogens (tertiary/aromatic N) is 3. The van der Waals surface area contributed by atoms with Crippen LogP contribution in [0, 0.1) is 10.1 Å². The van der Waals surface area contributed by atoms with Crippen molar-refractivity contribution in [2.75, 3.05) is 18.5 Å². The Morgan fingerprint density at radius 1 is 1.65 bits per heavy atom. The zero-order valence-electron chi connectivity index (χ0n) is 9.63. The van der Waals surface area contributed by atoms with Crippen molar-refractivity contribution < 1.29 is 10.0 Å². The van der Waals surface area contributed by atoms with E-state index in [4.69, 9.17) is 0 Å². The van der Waals surface area contributed by atoms with Gasteiger partial charge >= 0.3 is 5.69 Å². The molecule has 17 heavy (non-hydrogen) atoms. The van der Waals surface area contributed by atoms with E-state index in [0.717, 1.165) is 0 Å². The quantitative estimate of drug-likeness (QED) is 0.664. The number of pyridine rings is 1. The minimum Gasteiger partial charge on any atom is -0.393 e. The number of halogens is 1. The SMILES string of the molecule is CC(O)CCN(C)c1c(Br)cncc1[N+](=O)[O-]. The second kappa shape index (κ2) is 5.92. The minimum absolute atomic E-state index is 0.0486. The molecule has 0 aliphatic heterocycles.